The summed E-state index contributed by atoms with van der Waals surface area (Å²) in [6.07, 6.45) is 2.39. The minimum atomic E-state index is 1.17. The molecule has 1 rings (SSSR count). The van der Waals surface area contributed by atoms with Crippen LogP contribution >= 0.6 is 18.8 Å². The van der Waals surface area contributed by atoms with E-state index in [9.17, 15) is 0 Å². The molecule has 12 heavy (non-hydrogen) atoms. The maximum absolute atomic E-state index is 2.61. The largest absolute Gasteiger partial charge is 0.341 e. The zero-order valence-corrected chi connectivity index (χ0v) is 9.63. The molecule has 0 heterocycles. The molecule has 0 aliphatic carbocycles. The zero-order valence-electron chi connectivity index (χ0n) is 7.33. The van der Waals surface area contributed by atoms with Gasteiger partial charge in [0.25, 0.3) is 0 Å². The molecule has 0 fully saturated rings. The first-order chi connectivity index (χ1) is 5.74. The van der Waals surface area contributed by atoms with Crippen LogP contribution in [0.3, 0.4) is 0 Å². The molecule has 2 atom stereocenters. The summed E-state index contributed by atoms with van der Waals surface area (Å²) in [5.74, 6) is 0. The van der Waals surface area contributed by atoms with Crippen LogP contribution in [0.1, 0.15) is 18.9 Å². The first kappa shape index (κ1) is 9.96. The minimum absolute atomic E-state index is 1.17. The third kappa shape index (κ3) is 2.73. The Bertz CT molecular complexity index is 231. The molecule has 0 aliphatic rings. The lowest BCUT2D eigenvalue weighted by molar-refractivity contribution is 0.922. The molecule has 1 nitrogen and oxygen atoms in total. The smallest absolute Gasteiger partial charge is 0.0423 e. The highest BCUT2D eigenvalue weighted by molar-refractivity contribution is 7.39. The Hall–Kier alpha value is -0.120. The van der Waals surface area contributed by atoms with Crippen molar-refractivity contribution in [2.45, 2.75) is 19.8 Å². The average molecular weight is 199 g/mol. The number of rotatable bonds is 3. The van der Waals surface area contributed by atoms with Crippen LogP contribution in [0.4, 0.5) is 5.69 Å². The number of hydrogen-bond acceptors (Lipinski definition) is 1. The summed E-state index contributed by atoms with van der Waals surface area (Å²) in [6.45, 7) is 2.20. The molecule has 0 N–H and O–H groups in total. The Morgan fingerprint density at radius 3 is 2.17 bits per heavy atom. The second-order valence-electron chi connectivity index (χ2n) is 2.82. The third-order valence-corrected chi connectivity index (χ3v) is 2.37. The monoisotopic (exact) mass is 199 g/mol. The van der Waals surface area contributed by atoms with Gasteiger partial charge in [0.05, 0.1) is 0 Å². The van der Waals surface area contributed by atoms with Gasteiger partial charge < -0.3 is 4.44 Å². The van der Waals surface area contributed by atoms with Crippen LogP contribution in [0.15, 0.2) is 24.3 Å². The third-order valence-electron chi connectivity index (χ3n) is 1.77. The first-order valence-electron chi connectivity index (χ1n) is 4.12. The van der Waals surface area contributed by atoms with Gasteiger partial charge >= 0.3 is 0 Å². The van der Waals surface area contributed by atoms with Crippen molar-refractivity contribution in [2.24, 2.45) is 0 Å². The van der Waals surface area contributed by atoms with Crippen LogP contribution in [0, 0.1) is 0 Å². The van der Waals surface area contributed by atoms with E-state index in [1.165, 1.54) is 24.1 Å². The van der Waals surface area contributed by atoms with Gasteiger partial charge in [-0.25, -0.2) is 0 Å². The van der Waals surface area contributed by atoms with Gasteiger partial charge in [0.2, 0.25) is 0 Å². The van der Waals surface area contributed by atoms with Crippen molar-refractivity contribution in [1.29, 1.82) is 0 Å². The van der Waals surface area contributed by atoms with E-state index in [4.69, 9.17) is 0 Å². The minimum Gasteiger partial charge on any atom is -0.341 e. The molecule has 0 saturated heterocycles. The maximum Gasteiger partial charge on any atom is 0.0423 e. The quantitative estimate of drug-likeness (QED) is 0.676. The van der Waals surface area contributed by atoms with Crippen LogP contribution in [-0.4, -0.2) is 0 Å². The van der Waals surface area contributed by atoms with E-state index in [1.807, 2.05) is 4.44 Å². The molecular formula is C9H15NP2. The summed E-state index contributed by atoms with van der Waals surface area (Å²) in [4.78, 5) is 0. The van der Waals surface area contributed by atoms with Gasteiger partial charge in [-0.15, -0.1) is 0 Å². The Morgan fingerprint density at radius 1 is 1.17 bits per heavy atom. The molecule has 0 aliphatic heterocycles. The van der Waals surface area contributed by atoms with Gasteiger partial charge in [-0.1, -0.05) is 25.5 Å². The highest BCUT2D eigenvalue weighted by Gasteiger charge is 1.94. The lowest BCUT2D eigenvalue weighted by Crippen LogP contribution is -1.90. The van der Waals surface area contributed by atoms with Crippen molar-refractivity contribution in [3.8, 4) is 0 Å². The molecular weight excluding hydrogens is 184 g/mol. The van der Waals surface area contributed by atoms with Gasteiger partial charge in [-0.2, -0.15) is 0 Å². The molecule has 0 bridgehead atoms. The summed E-state index contributed by atoms with van der Waals surface area (Å²) < 4.78 is 1.95. The lowest BCUT2D eigenvalue weighted by atomic mass is 10.1. The van der Waals surface area contributed by atoms with E-state index < -0.39 is 0 Å². The Labute approximate surface area is 79.1 Å². The topological polar surface area (TPSA) is 3.24 Å². The van der Waals surface area contributed by atoms with E-state index in [2.05, 4.69) is 50.0 Å². The molecule has 1 aromatic rings. The molecule has 0 spiro atoms. The zero-order chi connectivity index (χ0) is 8.97. The molecule has 0 saturated carbocycles. The summed E-state index contributed by atoms with van der Waals surface area (Å²) in [6, 6.07) is 8.62. The SMILES string of the molecule is CCCc1ccc(N(P)P)cc1. The Balaban J connectivity index is 2.71. The number of benzene rings is 1. The second-order valence-corrected chi connectivity index (χ2v) is 4.53. The predicted molar refractivity (Wildman–Crippen MR) is 62.3 cm³/mol. The second kappa shape index (κ2) is 4.80. The number of aryl methyl sites for hydroxylation is 1. The summed E-state index contributed by atoms with van der Waals surface area (Å²) in [7, 11) is 5.22. The molecule has 0 radical (unpaired) electrons. The van der Waals surface area contributed by atoms with Gasteiger partial charge in [0, 0.05) is 5.69 Å². The summed E-state index contributed by atoms with van der Waals surface area (Å²) in [5.41, 5.74) is 2.61. The van der Waals surface area contributed by atoms with E-state index in [1.54, 1.807) is 0 Å². The van der Waals surface area contributed by atoms with Crippen molar-refractivity contribution in [2.75, 3.05) is 4.44 Å². The normalized spacial score (nSPS) is 9.92. The van der Waals surface area contributed by atoms with Crippen LogP contribution in [-0.2, 0) is 6.42 Å². The van der Waals surface area contributed by atoms with E-state index in [-0.39, 0.29) is 0 Å². The van der Waals surface area contributed by atoms with Crippen LogP contribution in [0.25, 0.3) is 0 Å². The van der Waals surface area contributed by atoms with Crippen LogP contribution in [0.5, 0.6) is 0 Å². The highest BCUT2D eigenvalue weighted by atomic mass is 31.1. The molecule has 3 heteroatoms. The van der Waals surface area contributed by atoms with Crippen molar-refractivity contribution >= 4 is 24.5 Å². The van der Waals surface area contributed by atoms with Crippen molar-refractivity contribution < 1.29 is 0 Å². The lowest BCUT2D eigenvalue weighted by Gasteiger charge is -2.11. The maximum atomic E-state index is 2.61. The fraction of sp³-hybridized carbons (Fsp3) is 0.333. The fourth-order valence-corrected chi connectivity index (χ4v) is 1.47. The average Bonchev–Trinajstić information content (AvgIpc) is 2.06. The van der Waals surface area contributed by atoms with Crippen molar-refractivity contribution in [3.63, 3.8) is 0 Å². The molecule has 1 aromatic carbocycles. The Morgan fingerprint density at radius 2 is 1.75 bits per heavy atom. The fourth-order valence-electron chi connectivity index (χ4n) is 1.12. The van der Waals surface area contributed by atoms with Gasteiger partial charge in [0.1, 0.15) is 0 Å². The van der Waals surface area contributed by atoms with Gasteiger partial charge in [0.15, 0.2) is 0 Å². The highest BCUT2D eigenvalue weighted by Crippen LogP contribution is 2.22. The Kier molecular flexibility index (Phi) is 3.98. The molecule has 0 amide bonds. The van der Waals surface area contributed by atoms with Crippen molar-refractivity contribution in [1.82, 2.24) is 0 Å². The van der Waals surface area contributed by atoms with Crippen LogP contribution in [0.2, 0.25) is 0 Å². The summed E-state index contributed by atoms with van der Waals surface area (Å²) in [5, 5.41) is 0. The summed E-state index contributed by atoms with van der Waals surface area (Å²) >= 11 is 0. The van der Waals surface area contributed by atoms with Gasteiger partial charge in [-0.3, -0.25) is 0 Å². The molecule has 2 unspecified atom stereocenters. The number of anilines is 1. The van der Waals surface area contributed by atoms with E-state index >= 15 is 0 Å². The predicted octanol–water partition coefficient (Wildman–Crippen LogP) is 3.03. The molecule has 0 aromatic heterocycles. The van der Waals surface area contributed by atoms with E-state index in [0.29, 0.717) is 0 Å². The van der Waals surface area contributed by atoms with Crippen LogP contribution < -0.4 is 4.44 Å². The first-order valence-corrected chi connectivity index (χ1v) is 5.15. The number of hydrogen-bond donors (Lipinski definition) is 0. The molecule has 66 valence electrons. The van der Waals surface area contributed by atoms with Gasteiger partial charge in [-0.05, 0) is 42.9 Å². The number of nitrogens with zero attached hydrogens (tertiary/aromatic N) is 1. The van der Waals surface area contributed by atoms with E-state index in [0.717, 1.165) is 0 Å². The standard InChI is InChI=1S/C9H15NP2/c1-2-3-8-4-6-9(7-5-8)10(11)12/h4-7H,2-3,11-12H2,1H3. The van der Waals surface area contributed by atoms with Crippen molar-refractivity contribution in [3.05, 3.63) is 29.8 Å².